The molecule has 0 spiro atoms. The first kappa shape index (κ1) is 28.3. The second-order valence-corrected chi connectivity index (χ2v) is 11.1. The number of aliphatic carboxylic acids is 1. The number of hydrogen-bond acceptors (Lipinski definition) is 8. The normalized spacial score (nSPS) is 13.9. The second-order valence-electron chi connectivity index (χ2n) is 9.96. The largest absolute Gasteiger partial charge is 0.493 e. The summed E-state index contributed by atoms with van der Waals surface area (Å²) in [6.45, 7) is 6.54. The first-order valence-electron chi connectivity index (χ1n) is 13.8. The Bertz CT molecular complexity index is 1470. The number of piperazine rings is 1. The molecule has 1 atom stereocenters. The molecule has 0 radical (unpaired) electrons. The third-order valence-electron chi connectivity index (χ3n) is 7.08. The van der Waals surface area contributed by atoms with Gasteiger partial charge in [-0.25, -0.2) is 9.78 Å². The number of ketones is 1. The van der Waals surface area contributed by atoms with Crippen molar-refractivity contribution in [3.05, 3.63) is 106 Å². The van der Waals surface area contributed by atoms with Crippen molar-refractivity contribution < 1.29 is 19.4 Å². The molecular formula is C32H34N4O4S. The van der Waals surface area contributed by atoms with Crippen molar-refractivity contribution in [2.75, 3.05) is 43.0 Å². The summed E-state index contributed by atoms with van der Waals surface area (Å²) < 4.78 is 5.98. The van der Waals surface area contributed by atoms with Gasteiger partial charge in [0.15, 0.2) is 10.9 Å². The number of para-hydroxylation sites is 1. The Morgan fingerprint density at radius 1 is 1.02 bits per heavy atom. The summed E-state index contributed by atoms with van der Waals surface area (Å²) >= 11 is 1.74. The number of carboxylic acid groups (broad SMARTS) is 1. The minimum Gasteiger partial charge on any atom is -0.493 e. The van der Waals surface area contributed by atoms with Crippen LogP contribution in [0, 0.1) is 6.92 Å². The number of nitrogens with one attached hydrogen (secondary N) is 2. The molecule has 212 valence electrons. The lowest BCUT2D eigenvalue weighted by molar-refractivity contribution is -0.137. The van der Waals surface area contributed by atoms with Crippen LogP contribution in [0.25, 0.3) is 0 Å². The Morgan fingerprint density at radius 3 is 2.46 bits per heavy atom. The summed E-state index contributed by atoms with van der Waals surface area (Å²) in [7, 11) is 0. The molecule has 2 heterocycles. The zero-order valence-corrected chi connectivity index (χ0v) is 23.8. The van der Waals surface area contributed by atoms with Crippen LogP contribution in [0.4, 0.5) is 10.8 Å². The summed E-state index contributed by atoms with van der Waals surface area (Å²) in [5, 5.41) is 17.5. The molecule has 4 aromatic rings. The summed E-state index contributed by atoms with van der Waals surface area (Å²) in [6, 6.07) is 22.5. The molecule has 41 heavy (non-hydrogen) atoms. The van der Waals surface area contributed by atoms with Crippen molar-refractivity contribution in [1.29, 1.82) is 0 Å². The zero-order chi connectivity index (χ0) is 28.6. The van der Waals surface area contributed by atoms with Crippen molar-refractivity contribution in [2.45, 2.75) is 25.8 Å². The lowest BCUT2D eigenvalue weighted by Gasteiger charge is -2.26. The van der Waals surface area contributed by atoms with E-state index >= 15 is 0 Å². The van der Waals surface area contributed by atoms with Gasteiger partial charge in [-0.05, 0) is 36.8 Å². The first-order chi connectivity index (χ1) is 20.0. The topological polar surface area (TPSA) is 104 Å². The number of rotatable bonds is 12. The third kappa shape index (κ3) is 7.31. The zero-order valence-electron chi connectivity index (χ0n) is 23.0. The van der Waals surface area contributed by atoms with Gasteiger partial charge in [0.2, 0.25) is 0 Å². The number of carbonyl (C=O) groups excluding carboxylic acids is 1. The number of thiazole rings is 1. The molecule has 0 bridgehead atoms. The summed E-state index contributed by atoms with van der Waals surface area (Å²) in [5.74, 6) is -0.430. The highest BCUT2D eigenvalue weighted by Crippen LogP contribution is 2.27. The maximum Gasteiger partial charge on any atom is 0.326 e. The first-order valence-corrected chi connectivity index (χ1v) is 14.6. The molecule has 0 saturated carbocycles. The van der Waals surface area contributed by atoms with Gasteiger partial charge >= 0.3 is 5.97 Å². The molecule has 3 N–H and O–H groups in total. The van der Waals surface area contributed by atoms with Crippen molar-refractivity contribution in [3.63, 3.8) is 0 Å². The number of carbonyl (C=O) groups is 2. The number of aryl methyl sites for hydroxylation is 1. The molecule has 1 fully saturated rings. The predicted molar refractivity (Wildman–Crippen MR) is 163 cm³/mol. The molecule has 3 aromatic carbocycles. The van der Waals surface area contributed by atoms with Gasteiger partial charge in [-0.1, -0.05) is 54.6 Å². The van der Waals surface area contributed by atoms with Crippen molar-refractivity contribution in [3.8, 4) is 5.75 Å². The van der Waals surface area contributed by atoms with E-state index in [2.05, 4.69) is 22.5 Å². The molecule has 1 aliphatic rings. The van der Waals surface area contributed by atoms with E-state index in [1.54, 1.807) is 59.9 Å². The predicted octanol–water partition coefficient (Wildman–Crippen LogP) is 4.82. The quantitative estimate of drug-likeness (QED) is 0.208. The van der Waals surface area contributed by atoms with Gasteiger partial charge in [-0.3, -0.25) is 4.79 Å². The molecule has 0 amide bonds. The van der Waals surface area contributed by atoms with Crippen LogP contribution in [-0.2, 0) is 17.6 Å². The van der Waals surface area contributed by atoms with Crippen LogP contribution < -0.4 is 20.3 Å². The lowest BCUT2D eigenvalue weighted by atomic mass is 10.00. The van der Waals surface area contributed by atoms with Crippen LogP contribution in [0.1, 0.15) is 32.1 Å². The molecule has 1 aromatic heterocycles. The van der Waals surface area contributed by atoms with Crippen LogP contribution in [-0.4, -0.2) is 60.7 Å². The average Bonchev–Trinajstić information content (AvgIpc) is 3.38. The maximum absolute atomic E-state index is 13.1. The summed E-state index contributed by atoms with van der Waals surface area (Å²) in [6.07, 6.45) is 0.971. The van der Waals surface area contributed by atoms with E-state index in [4.69, 9.17) is 9.72 Å². The molecule has 1 aliphatic heterocycles. The van der Waals surface area contributed by atoms with Crippen LogP contribution >= 0.6 is 11.3 Å². The highest BCUT2D eigenvalue weighted by atomic mass is 32.1. The smallest absolute Gasteiger partial charge is 0.326 e. The summed E-state index contributed by atoms with van der Waals surface area (Å²) in [5.41, 5.74) is 3.39. The van der Waals surface area contributed by atoms with Crippen LogP contribution in [0.2, 0.25) is 0 Å². The SMILES string of the molecule is Cc1sc(N2CCNCC2)nc1CCOc1ccc(C[C@H](Nc2ccccc2C(=O)c2ccccc2)C(=O)O)cc1. The van der Waals surface area contributed by atoms with Crippen molar-refractivity contribution in [1.82, 2.24) is 10.3 Å². The Hall–Kier alpha value is -4.21. The van der Waals surface area contributed by atoms with Gasteiger partial charge in [0, 0.05) is 60.7 Å². The van der Waals surface area contributed by atoms with E-state index < -0.39 is 12.0 Å². The van der Waals surface area contributed by atoms with Gasteiger partial charge in [0.25, 0.3) is 0 Å². The minimum absolute atomic E-state index is 0.160. The van der Waals surface area contributed by atoms with Crippen LogP contribution in [0.15, 0.2) is 78.9 Å². The van der Waals surface area contributed by atoms with Crippen molar-refractivity contribution >= 4 is 33.9 Å². The average molecular weight is 571 g/mol. The number of nitrogens with zero attached hydrogens (tertiary/aromatic N) is 2. The number of ether oxygens (including phenoxy) is 1. The molecule has 0 unspecified atom stereocenters. The van der Waals surface area contributed by atoms with Gasteiger partial charge in [-0.15, -0.1) is 11.3 Å². The lowest BCUT2D eigenvalue weighted by Crippen LogP contribution is -2.43. The maximum atomic E-state index is 13.1. The molecule has 1 saturated heterocycles. The fraction of sp³-hybridized carbons (Fsp3) is 0.281. The Kier molecular flexibility index (Phi) is 9.28. The van der Waals surface area contributed by atoms with Gasteiger partial charge in [-0.2, -0.15) is 0 Å². The number of benzene rings is 3. The highest BCUT2D eigenvalue weighted by Gasteiger charge is 2.21. The molecule has 9 heteroatoms. The molecule has 8 nitrogen and oxygen atoms in total. The Labute approximate surface area is 244 Å². The number of carboxylic acids is 1. The summed E-state index contributed by atoms with van der Waals surface area (Å²) in [4.78, 5) is 33.6. The van der Waals surface area contributed by atoms with Crippen LogP contribution in [0.5, 0.6) is 5.75 Å². The standard InChI is InChI=1S/C32H34N4O4S/c1-22-27(35-32(41-22)36-18-16-33-17-19-36)15-20-40-25-13-11-23(12-14-25)21-29(31(38)39)34-28-10-6-5-9-26(28)30(37)24-7-3-2-4-8-24/h2-14,29,33-34H,15-21H2,1H3,(H,38,39)/t29-/m0/s1. The fourth-order valence-corrected chi connectivity index (χ4v) is 5.81. The Morgan fingerprint density at radius 2 is 1.73 bits per heavy atom. The van der Waals surface area contributed by atoms with Crippen LogP contribution in [0.3, 0.4) is 0 Å². The number of hydrogen-bond donors (Lipinski definition) is 3. The van der Waals surface area contributed by atoms with Gasteiger partial charge in [0.1, 0.15) is 11.8 Å². The van der Waals surface area contributed by atoms with Gasteiger partial charge < -0.3 is 25.4 Å². The van der Waals surface area contributed by atoms with Crippen molar-refractivity contribution in [2.24, 2.45) is 0 Å². The molecule has 5 rings (SSSR count). The van der Waals surface area contributed by atoms with Gasteiger partial charge in [0.05, 0.1) is 12.3 Å². The number of aromatic nitrogens is 1. The van der Waals surface area contributed by atoms with E-state index in [-0.39, 0.29) is 12.2 Å². The highest BCUT2D eigenvalue weighted by molar-refractivity contribution is 7.15. The number of anilines is 2. The molecular weight excluding hydrogens is 536 g/mol. The molecule has 0 aliphatic carbocycles. The second kappa shape index (κ2) is 13.4. The van der Waals surface area contributed by atoms with E-state index in [0.29, 0.717) is 23.4 Å². The Balaban J connectivity index is 1.17. The van der Waals surface area contributed by atoms with E-state index in [0.717, 1.165) is 54.7 Å². The van der Waals surface area contributed by atoms with E-state index in [1.165, 1.54) is 4.88 Å². The van der Waals surface area contributed by atoms with E-state index in [9.17, 15) is 14.7 Å². The fourth-order valence-electron chi connectivity index (χ4n) is 4.80. The van der Waals surface area contributed by atoms with E-state index in [1.807, 2.05) is 30.3 Å². The third-order valence-corrected chi connectivity index (χ3v) is 8.15. The minimum atomic E-state index is -0.994. The monoisotopic (exact) mass is 570 g/mol.